The Balaban J connectivity index is 1.61. The van der Waals surface area contributed by atoms with E-state index in [1.165, 1.54) is 49.8 Å². The number of aromatic nitrogens is 2. The largest absolute Gasteiger partial charge is 0.493 e. The van der Waals surface area contributed by atoms with Crippen molar-refractivity contribution < 1.29 is 47.8 Å². The fraction of sp³-hybridized carbons (Fsp3) is 0.259. The van der Waals surface area contributed by atoms with Gasteiger partial charge in [-0.3, -0.25) is 0 Å². The van der Waals surface area contributed by atoms with Crippen LogP contribution in [0.2, 0.25) is 5.02 Å². The van der Waals surface area contributed by atoms with E-state index in [0.717, 1.165) is 12.1 Å². The number of aliphatic hydroxyl groups is 4. The van der Waals surface area contributed by atoms with E-state index in [9.17, 15) is 28.5 Å². The molecule has 0 saturated heterocycles. The number of hydrogen-bond donors (Lipinski definition) is 5. The molecule has 10 nitrogen and oxygen atoms in total. The van der Waals surface area contributed by atoms with Crippen LogP contribution in [0.5, 0.6) is 23.0 Å². The number of methoxy groups -OCH3 is 1. The van der Waals surface area contributed by atoms with Crippen molar-refractivity contribution in [2.24, 2.45) is 0 Å². The maximum atomic E-state index is 14.8. The summed E-state index contributed by atoms with van der Waals surface area (Å²) in [7, 11) is 1.30. The summed E-state index contributed by atoms with van der Waals surface area (Å²) >= 11 is 5.83. The van der Waals surface area contributed by atoms with Crippen LogP contribution in [0.4, 0.5) is 24.7 Å². The summed E-state index contributed by atoms with van der Waals surface area (Å²) in [4.78, 5) is 8.28. The van der Waals surface area contributed by atoms with Crippen LogP contribution in [-0.4, -0.2) is 75.2 Å². The molecule has 0 bridgehead atoms. The molecule has 0 aliphatic heterocycles. The Bertz CT molecular complexity index is 1480. The molecule has 4 aromatic rings. The first-order valence-corrected chi connectivity index (χ1v) is 12.4. The van der Waals surface area contributed by atoms with Gasteiger partial charge in [-0.05, 0) is 30.3 Å². The zero-order valence-electron chi connectivity index (χ0n) is 21.3. The molecule has 4 rings (SSSR count). The predicted octanol–water partition coefficient (Wildman–Crippen LogP) is 3.90. The Hall–Kier alpha value is -3.88. The molecule has 0 saturated carbocycles. The highest BCUT2D eigenvalue weighted by atomic mass is 35.5. The normalized spacial score (nSPS) is 14.3. The Kier molecular flexibility index (Phi) is 9.68. The van der Waals surface area contributed by atoms with Crippen molar-refractivity contribution in [2.75, 3.05) is 25.6 Å². The van der Waals surface area contributed by atoms with Gasteiger partial charge in [-0.15, -0.1) is 0 Å². The van der Waals surface area contributed by atoms with Crippen molar-refractivity contribution in [2.45, 2.75) is 24.5 Å². The second kappa shape index (κ2) is 13.2. The average molecular weight is 596 g/mol. The van der Waals surface area contributed by atoms with E-state index < -0.39 is 55.1 Å². The van der Waals surface area contributed by atoms with E-state index in [4.69, 9.17) is 30.9 Å². The molecule has 1 heterocycles. The molecular weight excluding hydrogens is 571 g/mol. The summed E-state index contributed by atoms with van der Waals surface area (Å²) in [5.41, 5.74) is 0.261. The maximum absolute atomic E-state index is 14.8. The summed E-state index contributed by atoms with van der Waals surface area (Å²) in [6.07, 6.45) is -6.44. The molecule has 0 aliphatic rings. The van der Waals surface area contributed by atoms with Gasteiger partial charge >= 0.3 is 0 Å². The monoisotopic (exact) mass is 595 g/mol. The molecule has 0 fully saturated rings. The van der Waals surface area contributed by atoms with Crippen molar-refractivity contribution in [1.29, 1.82) is 0 Å². The van der Waals surface area contributed by atoms with E-state index >= 15 is 0 Å². The number of aliphatic hydroxyl groups excluding tert-OH is 4. The van der Waals surface area contributed by atoms with Crippen LogP contribution in [-0.2, 0) is 0 Å². The van der Waals surface area contributed by atoms with Crippen LogP contribution in [0.3, 0.4) is 0 Å². The number of hydrogen-bond acceptors (Lipinski definition) is 10. The summed E-state index contributed by atoms with van der Waals surface area (Å²) in [5, 5.41) is 42.3. The van der Waals surface area contributed by atoms with E-state index in [-0.39, 0.29) is 34.3 Å². The molecular formula is C27H25ClF3N3O7. The molecule has 0 radical (unpaired) electrons. The highest BCUT2D eigenvalue weighted by molar-refractivity contribution is 6.30. The standard InChI is InChI=1S/C27H25ClF3N3O7/c1-39-21-8-16-20(9-22(21)41-23(11-36)25(38)24(37)19(31)10-35)32-12-33-27(16)34-14-6-17(29)26(18(30)7-14)40-15-4-2-13(28)3-5-15/h2-9,12,19,23-25,35-38H,10-11H2,1H3,(H,32,33,34)/t19-,23-,24+,25+/m1/s1. The lowest BCUT2D eigenvalue weighted by Crippen LogP contribution is -2.48. The first kappa shape index (κ1) is 30.1. The molecule has 0 aliphatic carbocycles. The number of anilines is 2. The summed E-state index contributed by atoms with van der Waals surface area (Å²) in [6, 6.07) is 10.8. The van der Waals surface area contributed by atoms with Crippen molar-refractivity contribution >= 4 is 34.0 Å². The third-order valence-electron chi connectivity index (χ3n) is 5.95. The highest BCUT2D eigenvalue weighted by Crippen LogP contribution is 2.37. The lowest BCUT2D eigenvalue weighted by molar-refractivity contribution is -0.0981. The SMILES string of the molecule is COc1cc2c(Nc3cc(F)c(Oc4ccc(Cl)cc4)c(F)c3)ncnc2cc1O[C@H](CO)[C@H](O)[C@@H](O)[C@H](F)CO. The first-order chi connectivity index (χ1) is 19.6. The van der Waals surface area contributed by atoms with Crippen LogP contribution in [0.1, 0.15) is 0 Å². The number of nitrogens with one attached hydrogen (secondary N) is 1. The summed E-state index contributed by atoms with van der Waals surface area (Å²) < 4.78 is 59.6. The van der Waals surface area contributed by atoms with Crippen molar-refractivity contribution in [3.8, 4) is 23.0 Å². The van der Waals surface area contributed by atoms with Gasteiger partial charge in [-0.25, -0.2) is 23.1 Å². The molecule has 0 spiro atoms. The molecule has 0 unspecified atom stereocenters. The zero-order chi connectivity index (χ0) is 29.7. The van der Waals surface area contributed by atoms with Gasteiger partial charge in [0.25, 0.3) is 0 Å². The van der Waals surface area contributed by atoms with Crippen molar-refractivity contribution in [3.05, 3.63) is 71.5 Å². The third-order valence-corrected chi connectivity index (χ3v) is 6.20. The minimum absolute atomic E-state index is 0.00450. The smallest absolute Gasteiger partial charge is 0.198 e. The third kappa shape index (κ3) is 6.89. The Labute approximate surface area is 236 Å². The second-order valence-electron chi connectivity index (χ2n) is 8.71. The molecule has 218 valence electrons. The Morgan fingerprint density at radius 1 is 0.927 bits per heavy atom. The van der Waals surface area contributed by atoms with Gasteiger partial charge in [0.2, 0.25) is 0 Å². The van der Waals surface area contributed by atoms with Gasteiger partial charge in [-0.2, -0.15) is 0 Å². The number of benzene rings is 3. The number of fused-ring (bicyclic) bond motifs is 1. The van der Waals surface area contributed by atoms with Crippen LogP contribution in [0.25, 0.3) is 10.9 Å². The molecule has 0 amide bonds. The summed E-state index contributed by atoms with van der Waals surface area (Å²) in [5.74, 6) is -2.22. The Morgan fingerprint density at radius 2 is 1.61 bits per heavy atom. The maximum Gasteiger partial charge on any atom is 0.198 e. The molecule has 1 aromatic heterocycles. The minimum atomic E-state index is -2.17. The zero-order valence-corrected chi connectivity index (χ0v) is 22.1. The predicted molar refractivity (Wildman–Crippen MR) is 143 cm³/mol. The van der Waals surface area contributed by atoms with E-state index in [2.05, 4.69) is 15.3 Å². The number of halogens is 4. The van der Waals surface area contributed by atoms with Gasteiger partial charge in [0.15, 0.2) is 41.2 Å². The molecule has 41 heavy (non-hydrogen) atoms. The fourth-order valence-corrected chi connectivity index (χ4v) is 3.95. The number of rotatable bonds is 12. The Morgan fingerprint density at radius 3 is 2.22 bits per heavy atom. The molecule has 14 heteroatoms. The molecule has 5 N–H and O–H groups in total. The topological polar surface area (TPSA) is 146 Å². The van der Waals surface area contributed by atoms with Gasteiger partial charge in [0.1, 0.15) is 30.1 Å². The number of nitrogens with zero attached hydrogens (tertiary/aromatic N) is 2. The van der Waals surface area contributed by atoms with Gasteiger partial charge in [-0.1, -0.05) is 11.6 Å². The number of ether oxygens (including phenoxy) is 3. The van der Waals surface area contributed by atoms with Crippen molar-refractivity contribution in [3.63, 3.8) is 0 Å². The lowest BCUT2D eigenvalue weighted by atomic mass is 10.0. The van der Waals surface area contributed by atoms with Gasteiger partial charge in [0, 0.05) is 34.3 Å². The second-order valence-corrected chi connectivity index (χ2v) is 9.15. The van der Waals surface area contributed by atoms with E-state index in [1.54, 1.807) is 0 Å². The van der Waals surface area contributed by atoms with E-state index in [1.807, 2.05) is 0 Å². The fourth-order valence-electron chi connectivity index (χ4n) is 3.82. The quantitative estimate of drug-likeness (QED) is 0.163. The van der Waals surface area contributed by atoms with Crippen molar-refractivity contribution in [1.82, 2.24) is 9.97 Å². The molecule has 3 aromatic carbocycles. The van der Waals surface area contributed by atoms with Gasteiger partial charge < -0.3 is 40.0 Å². The summed E-state index contributed by atoms with van der Waals surface area (Å²) in [6.45, 7) is -1.86. The van der Waals surface area contributed by atoms with Gasteiger partial charge in [0.05, 0.1) is 25.8 Å². The van der Waals surface area contributed by atoms with Crippen LogP contribution in [0.15, 0.2) is 54.9 Å². The highest BCUT2D eigenvalue weighted by Gasteiger charge is 2.34. The first-order valence-electron chi connectivity index (χ1n) is 12.1. The molecule has 4 atom stereocenters. The minimum Gasteiger partial charge on any atom is -0.493 e. The van der Waals surface area contributed by atoms with Crippen LogP contribution in [0, 0.1) is 11.6 Å². The van der Waals surface area contributed by atoms with Crippen LogP contribution >= 0.6 is 11.6 Å². The van der Waals surface area contributed by atoms with Crippen LogP contribution < -0.4 is 19.5 Å². The average Bonchev–Trinajstić information content (AvgIpc) is 2.97. The number of alkyl halides is 1. The lowest BCUT2D eigenvalue weighted by Gasteiger charge is -2.28. The van der Waals surface area contributed by atoms with E-state index in [0.29, 0.717) is 10.4 Å².